The zero-order valence-electron chi connectivity index (χ0n) is 22.8. The first kappa shape index (κ1) is 29.6. The van der Waals surface area contributed by atoms with E-state index in [0.717, 1.165) is 0 Å². The highest BCUT2D eigenvalue weighted by Gasteiger charge is 2.34. The van der Waals surface area contributed by atoms with Gasteiger partial charge in [-0.3, -0.25) is 14.3 Å². The molecule has 0 spiro atoms. The first-order valence-corrected chi connectivity index (χ1v) is 14.5. The number of amides is 1. The van der Waals surface area contributed by atoms with Gasteiger partial charge in [0, 0.05) is 18.6 Å². The predicted octanol–water partition coefficient (Wildman–Crippen LogP) is 5.30. The van der Waals surface area contributed by atoms with Crippen molar-refractivity contribution in [3.8, 4) is 5.69 Å². The molecule has 0 saturated carbocycles. The number of sulfonamides is 1. The molecule has 1 N–H and O–H groups in total. The molecule has 1 atom stereocenters. The van der Waals surface area contributed by atoms with Crippen LogP contribution in [0.4, 0.5) is 4.79 Å². The second-order valence-corrected chi connectivity index (χ2v) is 13.3. The summed E-state index contributed by atoms with van der Waals surface area (Å²) < 4.78 is 27.6. The zero-order chi connectivity index (χ0) is 28.6. The van der Waals surface area contributed by atoms with Crippen LogP contribution in [0.1, 0.15) is 59.0 Å². The maximum atomic E-state index is 13.9. The van der Waals surface area contributed by atoms with Gasteiger partial charge in [0.15, 0.2) is 0 Å². The Labute approximate surface area is 228 Å². The molecule has 0 bridgehead atoms. The molecule has 1 amide bonds. The van der Waals surface area contributed by atoms with Gasteiger partial charge in [-0.25, -0.2) is 18.2 Å². The molecule has 0 aliphatic rings. The van der Waals surface area contributed by atoms with Gasteiger partial charge in [0.25, 0.3) is 5.56 Å². The van der Waals surface area contributed by atoms with Crippen LogP contribution in [0, 0.1) is 5.92 Å². The highest BCUT2D eigenvalue weighted by atomic mass is 35.5. The van der Waals surface area contributed by atoms with Crippen molar-refractivity contribution in [2.75, 3.05) is 12.8 Å². The lowest BCUT2D eigenvalue weighted by atomic mass is 10.0. The molecule has 2 aromatic carbocycles. The topological polar surface area (TPSA) is 113 Å². The molecule has 1 unspecified atom stereocenters. The highest BCUT2D eigenvalue weighted by Crippen LogP contribution is 2.30. The zero-order valence-corrected chi connectivity index (χ0v) is 24.3. The third kappa shape index (κ3) is 6.36. The van der Waals surface area contributed by atoms with Gasteiger partial charge < -0.3 is 5.11 Å². The van der Waals surface area contributed by atoms with E-state index in [0.29, 0.717) is 23.3 Å². The number of benzene rings is 2. The molecule has 0 aliphatic carbocycles. The minimum absolute atomic E-state index is 0.120. The van der Waals surface area contributed by atoms with Crippen molar-refractivity contribution in [1.29, 1.82) is 0 Å². The van der Waals surface area contributed by atoms with E-state index < -0.39 is 33.3 Å². The van der Waals surface area contributed by atoms with E-state index >= 15 is 0 Å². The van der Waals surface area contributed by atoms with Crippen LogP contribution in [0.15, 0.2) is 47.3 Å². The lowest BCUT2D eigenvalue weighted by Gasteiger charge is -2.38. The summed E-state index contributed by atoms with van der Waals surface area (Å²) in [6.45, 7) is 11.3. The number of hydrogen-bond donors (Lipinski definition) is 1. The summed E-state index contributed by atoms with van der Waals surface area (Å²) in [7, 11) is -3.47. The Hall–Kier alpha value is -2.95. The summed E-state index contributed by atoms with van der Waals surface area (Å²) >= 11 is 6.41. The fraction of sp³-hybridized carbons (Fsp3) is 0.444. The second kappa shape index (κ2) is 11.0. The SMILES string of the molecule is CC(C)CN(Cc1cccc(-n2c(C(C)N(C(=O)O)C(C)(C)C)nc3cccc(Cl)c3c2=O)c1)S(C)(=O)=O. The molecule has 0 radical (unpaired) electrons. The maximum absolute atomic E-state index is 13.9. The number of aromatic nitrogens is 2. The Bertz CT molecular complexity index is 1510. The van der Waals surface area contributed by atoms with Crippen LogP contribution in [0.2, 0.25) is 5.02 Å². The lowest BCUT2D eigenvalue weighted by molar-refractivity contribution is 0.0719. The summed E-state index contributed by atoms with van der Waals surface area (Å²) in [5, 5.41) is 10.5. The number of nitrogens with zero attached hydrogens (tertiary/aromatic N) is 4. The molecule has 1 aromatic heterocycles. The van der Waals surface area contributed by atoms with E-state index in [1.807, 2.05) is 13.8 Å². The average Bonchev–Trinajstić information content (AvgIpc) is 2.76. The molecular weight excluding hydrogens is 528 g/mol. The first-order chi connectivity index (χ1) is 17.5. The number of halogens is 1. The molecule has 0 fully saturated rings. The molecule has 0 saturated heterocycles. The van der Waals surface area contributed by atoms with Crippen LogP contribution in [-0.4, -0.2) is 56.7 Å². The lowest BCUT2D eigenvalue weighted by Crippen LogP contribution is -2.47. The number of rotatable bonds is 8. The van der Waals surface area contributed by atoms with Crippen LogP contribution < -0.4 is 5.56 Å². The summed E-state index contributed by atoms with van der Waals surface area (Å²) in [5.74, 6) is 0.343. The van der Waals surface area contributed by atoms with Crippen molar-refractivity contribution in [1.82, 2.24) is 18.8 Å². The van der Waals surface area contributed by atoms with Crippen molar-refractivity contribution >= 4 is 38.6 Å². The average molecular weight is 563 g/mol. The number of carbonyl (C=O) groups is 1. The third-order valence-corrected chi connectivity index (χ3v) is 7.66. The molecule has 1 heterocycles. The Kier molecular flexibility index (Phi) is 8.60. The minimum Gasteiger partial charge on any atom is -0.465 e. The third-order valence-electron chi connectivity index (χ3n) is 6.13. The van der Waals surface area contributed by atoms with Gasteiger partial charge >= 0.3 is 6.09 Å². The van der Waals surface area contributed by atoms with Crippen molar-refractivity contribution < 1.29 is 18.3 Å². The van der Waals surface area contributed by atoms with Gasteiger partial charge in [0.2, 0.25) is 10.0 Å². The summed E-state index contributed by atoms with van der Waals surface area (Å²) in [4.78, 5) is 32.2. The van der Waals surface area contributed by atoms with E-state index in [4.69, 9.17) is 16.6 Å². The van der Waals surface area contributed by atoms with Crippen molar-refractivity contribution in [3.63, 3.8) is 0 Å². The first-order valence-electron chi connectivity index (χ1n) is 12.3. The molecule has 206 valence electrons. The fourth-order valence-electron chi connectivity index (χ4n) is 4.61. The maximum Gasteiger partial charge on any atom is 0.408 e. The normalized spacial score (nSPS) is 13.3. The van der Waals surface area contributed by atoms with E-state index in [2.05, 4.69) is 0 Å². The molecular formula is C27H35ClN4O5S. The number of fused-ring (bicyclic) bond motifs is 1. The Balaban J connectivity index is 2.28. The van der Waals surface area contributed by atoms with Crippen LogP contribution in [0.25, 0.3) is 16.6 Å². The largest absolute Gasteiger partial charge is 0.465 e. The minimum atomic E-state index is -3.47. The molecule has 3 rings (SSSR count). The van der Waals surface area contributed by atoms with Crippen LogP contribution in [-0.2, 0) is 16.6 Å². The van der Waals surface area contributed by atoms with Gasteiger partial charge in [0.1, 0.15) is 5.82 Å². The molecule has 38 heavy (non-hydrogen) atoms. The van der Waals surface area contributed by atoms with E-state index in [1.165, 1.54) is 20.0 Å². The van der Waals surface area contributed by atoms with Crippen LogP contribution in [0.5, 0.6) is 0 Å². The fourth-order valence-corrected chi connectivity index (χ4v) is 5.81. The van der Waals surface area contributed by atoms with Gasteiger partial charge in [-0.05, 0) is 63.4 Å². The van der Waals surface area contributed by atoms with Gasteiger partial charge in [0.05, 0.1) is 33.9 Å². The van der Waals surface area contributed by atoms with E-state index in [-0.39, 0.29) is 28.7 Å². The Morgan fingerprint density at radius 3 is 2.32 bits per heavy atom. The molecule has 3 aromatic rings. The Morgan fingerprint density at radius 2 is 1.76 bits per heavy atom. The number of carboxylic acid groups (broad SMARTS) is 1. The van der Waals surface area contributed by atoms with Crippen molar-refractivity contribution in [3.05, 3.63) is 69.2 Å². The molecule has 11 heteroatoms. The quantitative estimate of drug-likeness (QED) is 0.399. The van der Waals surface area contributed by atoms with Crippen molar-refractivity contribution in [2.45, 2.75) is 59.7 Å². The molecule has 0 aliphatic heterocycles. The smallest absolute Gasteiger partial charge is 0.408 e. The van der Waals surface area contributed by atoms with Gasteiger partial charge in [-0.15, -0.1) is 0 Å². The van der Waals surface area contributed by atoms with Crippen molar-refractivity contribution in [2.24, 2.45) is 5.92 Å². The summed E-state index contributed by atoms with van der Waals surface area (Å²) in [6.07, 6.45) is 0.0226. The van der Waals surface area contributed by atoms with E-state index in [9.17, 15) is 23.1 Å². The summed E-state index contributed by atoms with van der Waals surface area (Å²) in [6, 6.07) is 11.1. The summed E-state index contributed by atoms with van der Waals surface area (Å²) in [5.41, 5.74) is 0.230. The molecule has 9 nitrogen and oxygen atoms in total. The second-order valence-electron chi connectivity index (χ2n) is 10.9. The van der Waals surface area contributed by atoms with Crippen LogP contribution >= 0.6 is 11.6 Å². The van der Waals surface area contributed by atoms with E-state index in [1.54, 1.807) is 70.2 Å². The predicted molar refractivity (Wildman–Crippen MR) is 150 cm³/mol. The standard InChI is InChI=1S/C27H35ClN4O5S/c1-17(2)15-30(38(7,36)37)16-19-10-8-11-20(14-19)31-24(18(3)32(26(34)35)27(4,5)6)29-22-13-9-12-21(28)23(22)25(31)33/h8-14,17-18H,15-16H2,1-7H3,(H,34,35). The monoisotopic (exact) mass is 562 g/mol. The van der Waals surface area contributed by atoms with Crippen LogP contribution in [0.3, 0.4) is 0 Å². The highest BCUT2D eigenvalue weighted by molar-refractivity contribution is 7.88. The number of hydrogen-bond acceptors (Lipinski definition) is 5. The Morgan fingerprint density at radius 1 is 1.13 bits per heavy atom. The van der Waals surface area contributed by atoms with Gasteiger partial charge in [-0.2, -0.15) is 4.31 Å². The van der Waals surface area contributed by atoms with Gasteiger partial charge in [-0.1, -0.05) is 43.6 Å².